The van der Waals surface area contributed by atoms with Crippen LogP contribution in [0.5, 0.6) is 0 Å². The number of hydrogen-bond donors (Lipinski definition) is 1. The molecule has 0 heterocycles. The first-order chi connectivity index (χ1) is 7.36. The molecule has 0 radical (unpaired) electrons. The van der Waals surface area contributed by atoms with Gasteiger partial charge in [0.1, 0.15) is 0 Å². The topological polar surface area (TPSA) is 26.0 Å². The lowest BCUT2D eigenvalue weighted by Gasteiger charge is -2.29. The molecule has 16 heavy (non-hydrogen) atoms. The van der Waals surface area contributed by atoms with Crippen LogP contribution in [-0.2, 0) is 5.41 Å². The van der Waals surface area contributed by atoms with Crippen molar-refractivity contribution in [1.82, 2.24) is 0 Å². The highest BCUT2D eigenvalue weighted by atomic mass is 14.5. The van der Waals surface area contributed by atoms with E-state index in [1.165, 1.54) is 16.7 Å². The fraction of sp³-hybridized carbons (Fsp3) is 0.600. The molecule has 0 amide bonds. The summed E-state index contributed by atoms with van der Waals surface area (Å²) in [6.45, 7) is 12.0. The zero-order valence-corrected chi connectivity index (χ0v) is 11.3. The molecule has 2 N–H and O–H groups in total. The van der Waals surface area contributed by atoms with Crippen molar-refractivity contribution in [3.05, 3.63) is 34.9 Å². The molecule has 0 aromatic heterocycles. The fourth-order valence-corrected chi connectivity index (χ4v) is 2.23. The quantitative estimate of drug-likeness (QED) is 0.823. The van der Waals surface area contributed by atoms with Gasteiger partial charge in [0.2, 0.25) is 0 Å². The SMILES string of the molecule is Cc1ccc(C(C)(C)CC(C)CN)cc1C. The van der Waals surface area contributed by atoms with E-state index >= 15 is 0 Å². The Morgan fingerprint density at radius 2 is 1.81 bits per heavy atom. The standard InChI is InChI=1S/C15H25N/c1-11(10-16)9-15(4,5)14-7-6-12(2)13(3)8-14/h6-8,11H,9-10,16H2,1-5H3. The van der Waals surface area contributed by atoms with Crippen molar-refractivity contribution in [2.75, 3.05) is 6.54 Å². The number of nitrogens with two attached hydrogens (primary N) is 1. The van der Waals surface area contributed by atoms with Crippen LogP contribution in [-0.4, -0.2) is 6.54 Å². The van der Waals surface area contributed by atoms with Gasteiger partial charge in [-0.1, -0.05) is 39.0 Å². The molecule has 1 heteroatoms. The maximum absolute atomic E-state index is 5.71. The van der Waals surface area contributed by atoms with Crippen LogP contribution in [0.1, 0.15) is 43.9 Å². The third kappa shape index (κ3) is 3.08. The van der Waals surface area contributed by atoms with E-state index in [0.29, 0.717) is 5.92 Å². The number of aryl methyl sites for hydroxylation is 2. The van der Waals surface area contributed by atoms with Crippen molar-refractivity contribution in [2.45, 2.75) is 46.5 Å². The number of benzene rings is 1. The molecule has 1 atom stereocenters. The third-order valence-electron chi connectivity index (χ3n) is 3.55. The van der Waals surface area contributed by atoms with E-state index in [1.54, 1.807) is 0 Å². The Bertz CT molecular complexity index is 352. The van der Waals surface area contributed by atoms with Crippen molar-refractivity contribution in [3.63, 3.8) is 0 Å². The van der Waals surface area contributed by atoms with Crippen LogP contribution in [0.3, 0.4) is 0 Å². The smallest absolute Gasteiger partial charge is 0.00512 e. The van der Waals surface area contributed by atoms with E-state index < -0.39 is 0 Å². The lowest BCUT2D eigenvalue weighted by atomic mass is 9.77. The van der Waals surface area contributed by atoms with Crippen molar-refractivity contribution in [3.8, 4) is 0 Å². The Morgan fingerprint density at radius 3 is 2.31 bits per heavy atom. The predicted octanol–water partition coefficient (Wildman–Crippen LogP) is 3.57. The summed E-state index contributed by atoms with van der Waals surface area (Å²) < 4.78 is 0. The molecule has 0 bridgehead atoms. The Hall–Kier alpha value is -0.820. The maximum Gasteiger partial charge on any atom is -0.00512 e. The Labute approximate surface area is 100 Å². The second-order valence-corrected chi connectivity index (χ2v) is 5.73. The lowest BCUT2D eigenvalue weighted by Crippen LogP contribution is -2.24. The van der Waals surface area contributed by atoms with Gasteiger partial charge < -0.3 is 5.73 Å². The van der Waals surface area contributed by atoms with Crippen molar-refractivity contribution < 1.29 is 0 Å². The molecule has 0 saturated carbocycles. The Kier molecular flexibility index (Phi) is 4.15. The van der Waals surface area contributed by atoms with Crippen molar-refractivity contribution in [2.24, 2.45) is 11.7 Å². The highest BCUT2D eigenvalue weighted by Crippen LogP contribution is 2.31. The summed E-state index contributed by atoms with van der Waals surface area (Å²) in [6.07, 6.45) is 1.14. The van der Waals surface area contributed by atoms with E-state index in [0.717, 1.165) is 13.0 Å². The Balaban J connectivity index is 2.93. The van der Waals surface area contributed by atoms with E-state index in [9.17, 15) is 0 Å². The van der Waals surface area contributed by atoms with Gasteiger partial charge in [0.05, 0.1) is 0 Å². The molecule has 90 valence electrons. The summed E-state index contributed by atoms with van der Waals surface area (Å²) in [5, 5.41) is 0. The largest absolute Gasteiger partial charge is 0.330 e. The second kappa shape index (κ2) is 5.01. The van der Waals surface area contributed by atoms with Gasteiger partial charge in [-0.15, -0.1) is 0 Å². The molecule has 1 aromatic carbocycles. The van der Waals surface area contributed by atoms with Crippen LogP contribution < -0.4 is 5.73 Å². The molecule has 0 aliphatic rings. The monoisotopic (exact) mass is 219 g/mol. The average molecular weight is 219 g/mol. The molecular formula is C15H25N. The van der Waals surface area contributed by atoms with E-state index in [4.69, 9.17) is 5.73 Å². The van der Waals surface area contributed by atoms with Gasteiger partial charge in [-0.05, 0) is 54.8 Å². The van der Waals surface area contributed by atoms with E-state index in [-0.39, 0.29) is 5.41 Å². The van der Waals surface area contributed by atoms with E-state index in [2.05, 4.69) is 52.8 Å². The summed E-state index contributed by atoms with van der Waals surface area (Å²) in [5.74, 6) is 0.580. The van der Waals surface area contributed by atoms with Gasteiger partial charge >= 0.3 is 0 Å². The summed E-state index contributed by atoms with van der Waals surface area (Å²) in [6, 6.07) is 6.80. The molecular weight excluding hydrogens is 194 g/mol. The first-order valence-corrected chi connectivity index (χ1v) is 6.14. The highest BCUT2D eigenvalue weighted by Gasteiger charge is 2.23. The lowest BCUT2D eigenvalue weighted by molar-refractivity contribution is 0.385. The van der Waals surface area contributed by atoms with Gasteiger partial charge in [0.15, 0.2) is 0 Å². The van der Waals surface area contributed by atoms with Crippen LogP contribution in [0.15, 0.2) is 18.2 Å². The molecule has 0 aliphatic carbocycles. The first-order valence-electron chi connectivity index (χ1n) is 6.14. The van der Waals surface area contributed by atoms with Crippen LogP contribution in [0.25, 0.3) is 0 Å². The fourth-order valence-electron chi connectivity index (χ4n) is 2.23. The predicted molar refractivity (Wildman–Crippen MR) is 71.8 cm³/mol. The molecule has 0 saturated heterocycles. The minimum absolute atomic E-state index is 0.219. The summed E-state index contributed by atoms with van der Waals surface area (Å²) in [4.78, 5) is 0. The molecule has 1 rings (SSSR count). The second-order valence-electron chi connectivity index (χ2n) is 5.73. The molecule has 0 aliphatic heterocycles. The van der Waals surface area contributed by atoms with Gasteiger partial charge in [0, 0.05) is 0 Å². The maximum atomic E-state index is 5.71. The van der Waals surface area contributed by atoms with Crippen molar-refractivity contribution >= 4 is 0 Å². The van der Waals surface area contributed by atoms with Gasteiger partial charge in [-0.25, -0.2) is 0 Å². The summed E-state index contributed by atoms with van der Waals surface area (Å²) in [7, 11) is 0. The zero-order valence-electron chi connectivity index (χ0n) is 11.3. The van der Waals surface area contributed by atoms with Crippen LogP contribution >= 0.6 is 0 Å². The average Bonchev–Trinajstić information content (AvgIpc) is 2.21. The molecule has 1 aromatic rings. The van der Waals surface area contributed by atoms with Gasteiger partial charge in [0.25, 0.3) is 0 Å². The third-order valence-corrected chi connectivity index (χ3v) is 3.55. The summed E-state index contributed by atoms with van der Waals surface area (Å²) in [5.41, 5.74) is 10.1. The highest BCUT2D eigenvalue weighted by molar-refractivity contribution is 5.33. The minimum Gasteiger partial charge on any atom is -0.330 e. The van der Waals surface area contributed by atoms with E-state index in [1.807, 2.05) is 0 Å². The normalized spacial score (nSPS) is 13.9. The van der Waals surface area contributed by atoms with Crippen LogP contribution in [0.4, 0.5) is 0 Å². The minimum atomic E-state index is 0.219. The number of rotatable bonds is 4. The molecule has 0 spiro atoms. The number of hydrogen-bond acceptors (Lipinski definition) is 1. The van der Waals surface area contributed by atoms with Crippen molar-refractivity contribution in [1.29, 1.82) is 0 Å². The van der Waals surface area contributed by atoms with Gasteiger partial charge in [-0.3, -0.25) is 0 Å². The Morgan fingerprint density at radius 1 is 1.19 bits per heavy atom. The summed E-state index contributed by atoms with van der Waals surface area (Å²) >= 11 is 0. The molecule has 1 nitrogen and oxygen atoms in total. The molecule has 0 fully saturated rings. The van der Waals surface area contributed by atoms with Gasteiger partial charge in [-0.2, -0.15) is 0 Å². The van der Waals surface area contributed by atoms with Crippen LogP contribution in [0.2, 0.25) is 0 Å². The van der Waals surface area contributed by atoms with Crippen LogP contribution in [0, 0.1) is 19.8 Å². The first kappa shape index (κ1) is 13.2. The zero-order chi connectivity index (χ0) is 12.3. The molecule has 1 unspecified atom stereocenters.